The molecular formula is C26H26FN7O. The fourth-order valence-corrected chi connectivity index (χ4v) is 4.21. The number of halogens is 1. The summed E-state index contributed by atoms with van der Waals surface area (Å²) in [5, 5.41) is 7.62. The lowest BCUT2D eigenvalue weighted by Crippen LogP contribution is -2.44. The van der Waals surface area contributed by atoms with E-state index in [1.807, 2.05) is 25.2 Å². The van der Waals surface area contributed by atoms with E-state index in [0.717, 1.165) is 37.4 Å². The molecule has 0 saturated carbocycles. The number of nitrogens with zero attached hydrogens (tertiary/aromatic N) is 6. The Morgan fingerprint density at radius 1 is 1.06 bits per heavy atom. The van der Waals surface area contributed by atoms with E-state index in [1.165, 1.54) is 18.3 Å². The van der Waals surface area contributed by atoms with Gasteiger partial charge in [-0.2, -0.15) is 0 Å². The van der Waals surface area contributed by atoms with Crippen LogP contribution in [-0.2, 0) is 13.6 Å². The minimum Gasteiger partial charge on any atom is -0.349 e. The van der Waals surface area contributed by atoms with Gasteiger partial charge in [0, 0.05) is 44.1 Å². The summed E-state index contributed by atoms with van der Waals surface area (Å²) >= 11 is 0. The second kappa shape index (κ2) is 10.1. The molecule has 4 heterocycles. The van der Waals surface area contributed by atoms with E-state index in [0.29, 0.717) is 29.2 Å². The molecule has 4 aromatic rings. The number of likely N-dealkylation sites (tertiary alicyclic amines) is 1. The Hall–Kier alpha value is -3.98. The van der Waals surface area contributed by atoms with E-state index in [-0.39, 0.29) is 17.8 Å². The highest BCUT2D eigenvalue weighted by Crippen LogP contribution is 2.19. The highest BCUT2D eigenvalue weighted by molar-refractivity contribution is 5.94. The predicted octanol–water partition coefficient (Wildman–Crippen LogP) is 3.47. The quantitative estimate of drug-likeness (QED) is 0.463. The number of pyridine rings is 2. The second-order valence-electron chi connectivity index (χ2n) is 8.66. The first-order valence-corrected chi connectivity index (χ1v) is 11.6. The summed E-state index contributed by atoms with van der Waals surface area (Å²) in [6.07, 6.45) is 4.98. The van der Waals surface area contributed by atoms with E-state index in [4.69, 9.17) is 0 Å². The van der Waals surface area contributed by atoms with Crippen molar-refractivity contribution in [3.63, 3.8) is 0 Å². The van der Waals surface area contributed by atoms with Gasteiger partial charge < -0.3 is 5.32 Å². The lowest BCUT2D eigenvalue weighted by molar-refractivity contribution is 0.0907. The van der Waals surface area contributed by atoms with Crippen molar-refractivity contribution in [3.8, 4) is 22.8 Å². The number of hydrogen-bond acceptors (Lipinski definition) is 6. The minimum absolute atomic E-state index is 0.102. The molecule has 178 valence electrons. The standard InChI is InChI=1S/C26H26FN7O/c1-33-24(31-25(32-33)23-7-2-3-12-28-23)17-34-13-10-21(11-14-34)30-26(35)19-8-9-22(29-16-19)18-5-4-6-20(27)15-18/h2-9,12,15-16,21H,10-11,13-14,17H2,1H3,(H,30,35). The molecule has 1 N–H and O–H groups in total. The Balaban J connectivity index is 1.13. The van der Waals surface area contributed by atoms with Crippen LogP contribution >= 0.6 is 0 Å². The Morgan fingerprint density at radius 3 is 2.63 bits per heavy atom. The molecule has 0 unspecified atom stereocenters. The van der Waals surface area contributed by atoms with Gasteiger partial charge >= 0.3 is 0 Å². The highest BCUT2D eigenvalue weighted by Gasteiger charge is 2.23. The van der Waals surface area contributed by atoms with Gasteiger partial charge in [0.15, 0.2) is 5.82 Å². The summed E-state index contributed by atoms with van der Waals surface area (Å²) < 4.78 is 15.3. The number of carbonyl (C=O) groups excluding carboxylic acids is 1. The fraction of sp³-hybridized carbons (Fsp3) is 0.269. The summed E-state index contributed by atoms with van der Waals surface area (Å²) in [5.41, 5.74) is 2.56. The molecule has 3 aromatic heterocycles. The van der Waals surface area contributed by atoms with Crippen LogP contribution < -0.4 is 5.32 Å². The summed E-state index contributed by atoms with van der Waals surface area (Å²) in [5.74, 6) is 1.06. The number of aryl methyl sites for hydroxylation is 1. The topological polar surface area (TPSA) is 88.8 Å². The lowest BCUT2D eigenvalue weighted by Gasteiger charge is -2.31. The van der Waals surface area contributed by atoms with Crippen molar-refractivity contribution in [2.75, 3.05) is 13.1 Å². The molecule has 5 rings (SSSR count). The van der Waals surface area contributed by atoms with Gasteiger partial charge in [-0.3, -0.25) is 24.3 Å². The molecular weight excluding hydrogens is 445 g/mol. The summed E-state index contributed by atoms with van der Waals surface area (Å²) in [4.78, 5) is 28.4. The monoisotopic (exact) mass is 471 g/mol. The third-order valence-electron chi connectivity index (χ3n) is 6.18. The van der Waals surface area contributed by atoms with Crippen molar-refractivity contribution in [1.29, 1.82) is 0 Å². The molecule has 0 atom stereocenters. The van der Waals surface area contributed by atoms with Crippen LogP contribution in [-0.4, -0.2) is 54.7 Å². The maximum atomic E-state index is 13.5. The third-order valence-corrected chi connectivity index (χ3v) is 6.18. The molecule has 0 spiro atoms. The first kappa shape index (κ1) is 22.8. The van der Waals surface area contributed by atoms with Crippen LogP contribution in [0, 0.1) is 5.82 Å². The van der Waals surface area contributed by atoms with Crippen LogP contribution in [0.4, 0.5) is 4.39 Å². The molecule has 8 nitrogen and oxygen atoms in total. The van der Waals surface area contributed by atoms with Crippen LogP contribution in [0.5, 0.6) is 0 Å². The lowest BCUT2D eigenvalue weighted by atomic mass is 10.0. The number of nitrogens with one attached hydrogen (secondary N) is 1. The van der Waals surface area contributed by atoms with Gasteiger partial charge in [0.05, 0.1) is 17.8 Å². The molecule has 1 aliphatic rings. The number of piperidine rings is 1. The zero-order valence-corrected chi connectivity index (χ0v) is 19.4. The Bertz CT molecular complexity index is 1300. The molecule has 1 aromatic carbocycles. The maximum Gasteiger partial charge on any atom is 0.253 e. The smallest absolute Gasteiger partial charge is 0.253 e. The van der Waals surface area contributed by atoms with Crippen molar-refractivity contribution in [2.45, 2.75) is 25.4 Å². The van der Waals surface area contributed by atoms with Crippen molar-refractivity contribution in [2.24, 2.45) is 7.05 Å². The normalized spacial score (nSPS) is 14.7. The van der Waals surface area contributed by atoms with Gasteiger partial charge in [-0.05, 0) is 49.2 Å². The Kier molecular flexibility index (Phi) is 6.58. The van der Waals surface area contributed by atoms with Crippen LogP contribution in [0.3, 0.4) is 0 Å². The van der Waals surface area contributed by atoms with Gasteiger partial charge in [0.1, 0.15) is 17.3 Å². The summed E-state index contributed by atoms with van der Waals surface area (Å²) in [6.45, 7) is 2.41. The Morgan fingerprint density at radius 2 is 1.91 bits per heavy atom. The van der Waals surface area contributed by atoms with Gasteiger partial charge in [-0.15, -0.1) is 5.10 Å². The molecule has 1 saturated heterocycles. The minimum atomic E-state index is -0.315. The molecule has 0 bridgehead atoms. The van der Waals surface area contributed by atoms with Crippen molar-refractivity contribution < 1.29 is 9.18 Å². The first-order chi connectivity index (χ1) is 17.0. The Labute approximate surface area is 202 Å². The fourth-order valence-electron chi connectivity index (χ4n) is 4.21. The van der Waals surface area contributed by atoms with Gasteiger partial charge in [-0.1, -0.05) is 18.2 Å². The molecule has 9 heteroatoms. The number of aromatic nitrogens is 5. The van der Waals surface area contributed by atoms with E-state index in [1.54, 1.807) is 35.1 Å². The molecule has 35 heavy (non-hydrogen) atoms. The first-order valence-electron chi connectivity index (χ1n) is 11.6. The zero-order chi connectivity index (χ0) is 24.2. The SMILES string of the molecule is Cn1nc(-c2ccccn2)nc1CN1CCC(NC(=O)c2ccc(-c3cccc(F)c3)nc2)CC1. The van der Waals surface area contributed by atoms with Crippen LogP contribution in [0.15, 0.2) is 67.0 Å². The second-order valence-corrected chi connectivity index (χ2v) is 8.66. The van der Waals surface area contributed by atoms with Gasteiger partial charge in [0.25, 0.3) is 5.91 Å². The van der Waals surface area contributed by atoms with E-state index < -0.39 is 0 Å². The van der Waals surface area contributed by atoms with Crippen LogP contribution in [0.2, 0.25) is 0 Å². The van der Waals surface area contributed by atoms with Crippen molar-refractivity contribution in [1.82, 2.24) is 34.9 Å². The van der Waals surface area contributed by atoms with E-state index in [2.05, 4.69) is 30.3 Å². The molecule has 0 radical (unpaired) electrons. The number of carbonyl (C=O) groups is 1. The molecule has 1 aliphatic heterocycles. The number of benzene rings is 1. The average Bonchev–Trinajstić information content (AvgIpc) is 3.26. The molecule has 1 amide bonds. The summed E-state index contributed by atoms with van der Waals surface area (Å²) in [7, 11) is 1.90. The maximum absolute atomic E-state index is 13.5. The van der Waals surface area contributed by atoms with E-state index >= 15 is 0 Å². The number of rotatable bonds is 6. The highest BCUT2D eigenvalue weighted by atomic mass is 19.1. The van der Waals surface area contributed by atoms with Crippen molar-refractivity contribution >= 4 is 5.91 Å². The van der Waals surface area contributed by atoms with Crippen LogP contribution in [0.1, 0.15) is 29.0 Å². The number of hydrogen-bond donors (Lipinski definition) is 1. The van der Waals surface area contributed by atoms with Gasteiger partial charge in [-0.25, -0.2) is 9.37 Å². The summed E-state index contributed by atoms with van der Waals surface area (Å²) in [6, 6.07) is 15.5. The van der Waals surface area contributed by atoms with Crippen molar-refractivity contribution in [3.05, 3.63) is 84.2 Å². The average molecular weight is 472 g/mol. The molecule has 0 aliphatic carbocycles. The zero-order valence-electron chi connectivity index (χ0n) is 19.4. The van der Waals surface area contributed by atoms with Gasteiger partial charge in [0.2, 0.25) is 0 Å². The third kappa shape index (κ3) is 5.41. The number of amides is 1. The predicted molar refractivity (Wildman–Crippen MR) is 130 cm³/mol. The largest absolute Gasteiger partial charge is 0.349 e. The van der Waals surface area contributed by atoms with E-state index in [9.17, 15) is 9.18 Å². The van der Waals surface area contributed by atoms with Crippen LogP contribution in [0.25, 0.3) is 22.8 Å². The molecule has 1 fully saturated rings.